The Morgan fingerprint density at radius 1 is 1.39 bits per heavy atom. The summed E-state index contributed by atoms with van der Waals surface area (Å²) in [5, 5.41) is 9.97. The Kier molecular flexibility index (Phi) is 2.03. The first-order valence-corrected chi connectivity index (χ1v) is 5.88. The van der Waals surface area contributed by atoms with E-state index in [9.17, 15) is 14.3 Å². The fraction of sp³-hybridized carbons (Fsp3) is 0.357. The molecule has 0 aliphatic carbocycles. The van der Waals surface area contributed by atoms with E-state index in [2.05, 4.69) is 0 Å². The van der Waals surface area contributed by atoms with Crippen molar-refractivity contribution < 1.29 is 14.3 Å². The lowest BCUT2D eigenvalue weighted by molar-refractivity contribution is -0.126. The molecule has 1 N–H and O–H groups in total. The number of carbonyl (C=O) groups is 1. The lowest BCUT2D eigenvalue weighted by Crippen LogP contribution is -2.47. The van der Waals surface area contributed by atoms with Crippen molar-refractivity contribution in [3.63, 3.8) is 0 Å². The first-order chi connectivity index (χ1) is 8.33. The van der Waals surface area contributed by atoms with E-state index in [4.69, 9.17) is 0 Å². The van der Waals surface area contributed by atoms with Crippen LogP contribution in [0.3, 0.4) is 0 Å². The SMILES string of the molecule is CC1=CC(C)(C)N2C(=O)C(O)c3cc(F)cc1c32. The number of rotatable bonds is 0. The fourth-order valence-corrected chi connectivity index (χ4v) is 2.99. The van der Waals surface area contributed by atoms with Crippen LogP contribution >= 0.6 is 0 Å². The van der Waals surface area contributed by atoms with E-state index in [-0.39, 0.29) is 5.91 Å². The van der Waals surface area contributed by atoms with Gasteiger partial charge in [0.25, 0.3) is 5.91 Å². The van der Waals surface area contributed by atoms with Crippen LogP contribution in [0.15, 0.2) is 18.2 Å². The molecule has 3 rings (SSSR count). The quantitative estimate of drug-likeness (QED) is 0.764. The molecule has 1 atom stereocenters. The third-order valence-electron chi connectivity index (χ3n) is 3.65. The molecule has 2 aliphatic heterocycles. The largest absolute Gasteiger partial charge is 0.378 e. The molecule has 2 heterocycles. The third kappa shape index (κ3) is 1.24. The number of carbonyl (C=O) groups excluding carboxylic acids is 1. The molecule has 18 heavy (non-hydrogen) atoms. The van der Waals surface area contributed by atoms with E-state index in [1.54, 1.807) is 4.90 Å². The van der Waals surface area contributed by atoms with Crippen LogP contribution in [0.4, 0.5) is 10.1 Å². The van der Waals surface area contributed by atoms with Gasteiger partial charge in [0.15, 0.2) is 6.10 Å². The topological polar surface area (TPSA) is 40.5 Å². The minimum Gasteiger partial charge on any atom is -0.378 e. The summed E-state index contributed by atoms with van der Waals surface area (Å²) in [6, 6.07) is 2.66. The number of aliphatic hydroxyl groups is 1. The normalized spacial score (nSPS) is 24.1. The molecule has 0 bridgehead atoms. The lowest BCUT2D eigenvalue weighted by Gasteiger charge is -2.38. The molecule has 0 fully saturated rings. The van der Waals surface area contributed by atoms with Crippen LogP contribution in [0.25, 0.3) is 5.57 Å². The standard InChI is InChI=1S/C14H14FNO2/c1-7-6-14(2,3)16-11-9(7)4-8(15)5-10(11)12(17)13(16)18/h4-6,12,17H,1-3H3. The van der Waals surface area contributed by atoms with Crippen molar-refractivity contribution in [2.75, 3.05) is 4.90 Å². The van der Waals surface area contributed by atoms with Crippen molar-refractivity contribution >= 4 is 17.2 Å². The maximum atomic E-state index is 13.6. The minimum atomic E-state index is -1.26. The summed E-state index contributed by atoms with van der Waals surface area (Å²) < 4.78 is 13.6. The monoisotopic (exact) mass is 247 g/mol. The Morgan fingerprint density at radius 3 is 2.72 bits per heavy atom. The van der Waals surface area contributed by atoms with Crippen molar-refractivity contribution in [3.05, 3.63) is 35.2 Å². The number of amides is 1. The number of anilines is 1. The van der Waals surface area contributed by atoms with Gasteiger partial charge in [-0.25, -0.2) is 4.39 Å². The van der Waals surface area contributed by atoms with Crippen LogP contribution in [0.5, 0.6) is 0 Å². The van der Waals surface area contributed by atoms with Gasteiger partial charge in [-0.05, 0) is 38.5 Å². The molecule has 0 radical (unpaired) electrons. The maximum absolute atomic E-state index is 13.6. The predicted octanol–water partition coefficient (Wildman–Crippen LogP) is 2.40. The Labute approximate surface area is 105 Å². The third-order valence-corrected chi connectivity index (χ3v) is 3.65. The second kappa shape index (κ2) is 3.20. The van der Waals surface area contributed by atoms with Gasteiger partial charge in [-0.3, -0.25) is 9.69 Å². The highest BCUT2D eigenvalue weighted by atomic mass is 19.1. The second-order valence-corrected chi connectivity index (χ2v) is 5.45. The molecule has 94 valence electrons. The van der Waals surface area contributed by atoms with Gasteiger partial charge >= 0.3 is 0 Å². The maximum Gasteiger partial charge on any atom is 0.261 e. The van der Waals surface area contributed by atoms with Crippen molar-refractivity contribution in [1.29, 1.82) is 0 Å². The molecule has 1 amide bonds. The molecule has 3 nitrogen and oxygen atoms in total. The van der Waals surface area contributed by atoms with Gasteiger partial charge < -0.3 is 5.11 Å². The summed E-state index contributed by atoms with van der Waals surface area (Å²) in [6.45, 7) is 5.70. The summed E-state index contributed by atoms with van der Waals surface area (Å²) in [7, 11) is 0. The van der Waals surface area contributed by atoms with Gasteiger partial charge in [-0.1, -0.05) is 6.08 Å². The number of hydrogen-bond acceptors (Lipinski definition) is 2. The van der Waals surface area contributed by atoms with Gasteiger partial charge in [-0.15, -0.1) is 0 Å². The Balaban J connectivity index is 2.39. The number of nitrogens with zero attached hydrogens (tertiary/aromatic N) is 1. The summed E-state index contributed by atoms with van der Waals surface area (Å²) in [6.07, 6.45) is 0.669. The van der Waals surface area contributed by atoms with Crippen LogP contribution in [-0.2, 0) is 4.79 Å². The molecule has 2 aliphatic rings. The Morgan fingerprint density at radius 2 is 2.06 bits per heavy atom. The van der Waals surface area contributed by atoms with Crippen molar-refractivity contribution in [3.8, 4) is 0 Å². The highest BCUT2D eigenvalue weighted by molar-refractivity contribution is 6.09. The van der Waals surface area contributed by atoms with Gasteiger partial charge in [-0.2, -0.15) is 0 Å². The minimum absolute atomic E-state index is 0.371. The van der Waals surface area contributed by atoms with Gasteiger partial charge in [0, 0.05) is 11.1 Å². The summed E-state index contributed by atoms with van der Waals surface area (Å²) in [4.78, 5) is 13.7. The fourth-order valence-electron chi connectivity index (χ4n) is 2.99. The average molecular weight is 247 g/mol. The molecule has 0 saturated heterocycles. The first-order valence-electron chi connectivity index (χ1n) is 5.88. The van der Waals surface area contributed by atoms with Crippen LogP contribution in [-0.4, -0.2) is 16.6 Å². The molecular weight excluding hydrogens is 233 g/mol. The predicted molar refractivity (Wildman–Crippen MR) is 66.6 cm³/mol. The molecule has 1 aromatic carbocycles. The molecule has 1 aromatic rings. The molecule has 0 saturated carbocycles. The van der Waals surface area contributed by atoms with Crippen molar-refractivity contribution in [2.24, 2.45) is 0 Å². The van der Waals surface area contributed by atoms with E-state index in [1.807, 2.05) is 26.8 Å². The van der Waals surface area contributed by atoms with E-state index < -0.39 is 17.5 Å². The average Bonchev–Trinajstić information content (AvgIpc) is 2.50. The first kappa shape index (κ1) is 11.4. The zero-order valence-corrected chi connectivity index (χ0v) is 10.5. The number of benzene rings is 1. The van der Waals surface area contributed by atoms with Gasteiger partial charge in [0.1, 0.15) is 5.82 Å². The van der Waals surface area contributed by atoms with Crippen molar-refractivity contribution in [2.45, 2.75) is 32.4 Å². The van der Waals surface area contributed by atoms with E-state index in [1.165, 1.54) is 12.1 Å². The number of hydrogen-bond donors (Lipinski definition) is 1. The number of halogens is 1. The Hall–Kier alpha value is -1.68. The summed E-state index contributed by atoms with van der Waals surface area (Å²) >= 11 is 0. The van der Waals surface area contributed by atoms with Crippen LogP contribution in [0, 0.1) is 5.82 Å². The molecule has 1 unspecified atom stereocenters. The summed E-state index contributed by atoms with van der Waals surface area (Å²) in [5.41, 5.74) is 2.13. The van der Waals surface area contributed by atoms with Gasteiger partial charge in [0.05, 0.1) is 11.2 Å². The smallest absolute Gasteiger partial charge is 0.261 e. The van der Waals surface area contributed by atoms with E-state index in [0.717, 1.165) is 5.57 Å². The highest BCUT2D eigenvalue weighted by Crippen LogP contribution is 2.48. The molecular formula is C14H14FNO2. The molecule has 0 aromatic heterocycles. The van der Waals surface area contributed by atoms with Crippen LogP contribution in [0.2, 0.25) is 0 Å². The highest BCUT2D eigenvalue weighted by Gasteiger charge is 2.46. The van der Waals surface area contributed by atoms with E-state index in [0.29, 0.717) is 16.8 Å². The van der Waals surface area contributed by atoms with Crippen LogP contribution in [0.1, 0.15) is 38.0 Å². The molecule has 0 spiro atoms. The zero-order valence-electron chi connectivity index (χ0n) is 10.5. The molecule has 4 heteroatoms. The van der Waals surface area contributed by atoms with Crippen molar-refractivity contribution in [1.82, 2.24) is 0 Å². The van der Waals surface area contributed by atoms with E-state index >= 15 is 0 Å². The number of allylic oxidation sites excluding steroid dienone is 1. The second-order valence-electron chi connectivity index (χ2n) is 5.45. The number of aliphatic hydroxyl groups excluding tert-OH is 1. The summed E-state index contributed by atoms with van der Waals surface area (Å²) in [5.74, 6) is -0.810. The lowest BCUT2D eigenvalue weighted by atomic mass is 9.89. The van der Waals surface area contributed by atoms with Gasteiger partial charge in [0.2, 0.25) is 0 Å². The van der Waals surface area contributed by atoms with Crippen LogP contribution < -0.4 is 4.90 Å². The zero-order chi connectivity index (χ0) is 13.2. The Bertz CT molecular complexity index is 604.